The Kier molecular flexibility index (Phi) is 4.84. The molecule has 3 nitrogen and oxygen atoms in total. The van der Waals surface area contributed by atoms with Crippen molar-refractivity contribution in [2.24, 2.45) is 5.92 Å². The summed E-state index contributed by atoms with van der Waals surface area (Å²) in [5.41, 5.74) is 0. The zero-order valence-corrected chi connectivity index (χ0v) is 11.1. The first-order valence-electron chi connectivity index (χ1n) is 7.32. The van der Waals surface area contributed by atoms with Crippen LogP contribution >= 0.6 is 0 Å². The number of amides is 1. The van der Waals surface area contributed by atoms with Crippen LogP contribution in [-0.2, 0) is 4.79 Å². The molecule has 98 valence electrons. The van der Waals surface area contributed by atoms with Crippen LogP contribution in [0.25, 0.3) is 0 Å². The molecule has 1 aliphatic heterocycles. The van der Waals surface area contributed by atoms with Gasteiger partial charge >= 0.3 is 0 Å². The minimum Gasteiger partial charge on any atom is -0.353 e. The first-order valence-corrected chi connectivity index (χ1v) is 7.32. The highest BCUT2D eigenvalue weighted by atomic mass is 16.1. The number of piperidine rings is 1. The summed E-state index contributed by atoms with van der Waals surface area (Å²) in [6, 6.07) is 0.437. The van der Waals surface area contributed by atoms with Crippen molar-refractivity contribution in [3.05, 3.63) is 0 Å². The zero-order chi connectivity index (χ0) is 12.1. The maximum absolute atomic E-state index is 12.1. The standard InChI is InChI=1S/C14H26N2O/c1-2-16-10-8-13(9-11-16)15-14(17)12-6-4-3-5-7-12/h12-13H,2-11H2,1H3,(H,15,17). The second kappa shape index (κ2) is 6.39. The molecule has 1 saturated heterocycles. The van der Waals surface area contributed by atoms with Crippen LogP contribution in [0.15, 0.2) is 0 Å². The smallest absolute Gasteiger partial charge is 0.223 e. The highest BCUT2D eigenvalue weighted by molar-refractivity contribution is 5.79. The number of nitrogens with zero attached hydrogens (tertiary/aromatic N) is 1. The van der Waals surface area contributed by atoms with Gasteiger partial charge in [-0.05, 0) is 32.2 Å². The van der Waals surface area contributed by atoms with Gasteiger partial charge in [0.15, 0.2) is 0 Å². The van der Waals surface area contributed by atoms with Crippen molar-refractivity contribution < 1.29 is 4.79 Å². The van der Waals surface area contributed by atoms with Gasteiger partial charge in [0.1, 0.15) is 0 Å². The van der Waals surface area contributed by atoms with E-state index in [1.54, 1.807) is 0 Å². The van der Waals surface area contributed by atoms with Crippen LogP contribution in [0, 0.1) is 5.92 Å². The fraction of sp³-hybridized carbons (Fsp3) is 0.929. The van der Waals surface area contributed by atoms with Gasteiger partial charge in [0.25, 0.3) is 0 Å². The summed E-state index contributed by atoms with van der Waals surface area (Å²) in [7, 11) is 0. The highest BCUT2D eigenvalue weighted by Crippen LogP contribution is 2.24. The number of carbonyl (C=O) groups is 1. The third-order valence-electron chi connectivity index (χ3n) is 4.36. The Morgan fingerprint density at radius 1 is 1.12 bits per heavy atom. The summed E-state index contributed by atoms with van der Waals surface area (Å²) in [6.07, 6.45) is 8.29. The molecule has 0 bridgehead atoms. The molecule has 0 atom stereocenters. The molecule has 2 fully saturated rings. The van der Waals surface area contributed by atoms with E-state index in [1.807, 2.05) is 0 Å². The lowest BCUT2D eigenvalue weighted by atomic mass is 9.88. The van der Waals surface area contributed by atoms with Crippen LogP contribution in [0.1, 0.15) is 51.9 Å². The second-order valence-electron chi connectivity index (χ2n) is 5.55. The number of hydrogen-bond donors (Lipinski definition) is 1. The van der Waals surface area contributed by atoms with Gasteiger partial charge in [-0.25, -0.2) is 0 Å². The van der Waals surface area contributed by atoms with Gasteiger partial charge in [0, 0.05) is 25.0 Å². The predicted molar refractivity (Wildman–Crippen MR) is 69.9 cm³/mol. The van der Waals surface area contributed by atoms with Crippen LogP contribution < -0.4 is 5.32 Å². The minimum atomic E-state index is 0.313. The summed E-state index contributed by atoms with van der Waals surface area (Å²) in [5.74, 6) is 0.646. The van der Waals surface area contributed by atoms with Crippen molar-refractivity contribution in [1.82, 2.24) is 10.2 Å². The fourth-order valence-electron chi connectivity index (χ4n) is 3.08. The van der Waals surface area contributed by atoms with Crippen LogP contribution in [0.2, 0.25) is 0 Å². The molecule has 0 aromatic rings. The van der Waals surface area contributed by atoms with E-state index < -0.39 is 0 Å². The van der Waals surface area contributed by atoms with Gasteiger partial charge < -0.3 is 10.2 Å². The number of carbonyl (C=O) groups excluding carboxylic acids is 1. The molecule has 1 saturated carbocycles. The maximum atomic E-state index is 12.1. The average Bonchev–Trinajstić information content (AvgIpc) is 2.40. The van der Waals surface area contributed by atoms with Crippen LogP contribution in [0.5, 0.6) is 0 Å². The lowest BCUT2D eigenvalue weighted by Gasteiger charge is -2.32. The molecule has 0 unspecified atom stereocenters. The Balaban J connectivity index is 1.71. The molecule has 1 amide bonds. The van der Waals surface area contributed by atoms with E-state index in [1.165, 1.54) is 19.3 Å². The van der Waals surface area contributed by atoms with Gasteiger partial charge in [-0.1, -0.05) is 26.2 Å². The molecule has 1 aliphatic carbocycles. The molecule has 3 heteroatoms. The summed E-state index contributed by atoms with van der Waals surface area (Å²) in [5, 5.41) is 3.27. The van der Waals surface area contributed by atoms with E-state index in [0.717, 1.165) is 45.3 Å². The number of rotatable bonds is 3. The largest absolute Gasteiger partial charge is 0.353 e. The highest BCUT2D eigenvalue weighted by Gasteiger charge is 2.25. The number of nitrogens with one attached hydrogen (secondary N) is 1. The lowest BCUT2D eigenvalue weighted by Crippen LogP contribution is -2.46. The molecular formula is C14H26N2O. The molecule has 2 aliphatic rings. The van der Waals surface area contributed by atoms with E-state index in [0.29, 0.717) is 17.9 Å². The van der Waals surface area contributed by atoms with E-state index in [2.05, 4.69) is 17.1 Å². The average molecular weight is 238 g/mol. The fourth-order valence-corrected chi connectivity index (χ4v) is 3.08. The van der Waals surface area contributed by atoms with Gasteiger partial charge in [-0.3, -0.25) is 4.79 Å². The van der Waals surface area contributed by atoms with E-state index in [4.69, 9.17) is 0 Å². The van der Waals surface area contributed by atoms with Crippen molar-refractivity contribution in [1.29, 1.82) is 0 Å². The topological polar surface area (TPSA) is 32.3 Å². The zero-order valence-electron chi connectivity index (χ0n) is 11.1. The number of likely N-dealkylation sites (tertiary alicyclic amines) is 1. The third kappa shape index (κ3) is 3.70. The van der Waals surface area contributed by atoms with Gasteiger partial charge in [-0.15, -0.1) is 0 Å². The molecule has 0 radical (unpaired) electrons. The van der Waals surface area contributed by atoms with Crippen LogP contribution in [0.3, 0.4) is 0 Å². The van der Waals surface area contributed by atoms with Crippen molar-refractivity contribution in [2.45, 2.75) is 57.9 Å². The SMILES string of the molecule is CCN1CCC(NC(=O)C2CCCCC2)CC1. The summed E-state index contributed by atoms with van der Waals surface area (Å²) < 4.78 is 0. The van der Waals surface area contributed by atoms with E-state index in [-0.39, 0.29) is 0 Å². The van der Waals surface area contributed by atoms with Gasteiger partial charge in [0.2, 0.25) is 5.91 Å². The van der Waals surface area contributed by atoms with Crippen molar-refractivity contribution in [2.75, 3.05) is 19.6 Å². The Morgan fingerprint density at radius 3 is 2.35 bits per heavy atom. The molecule has 1 N–H and O–H groups in total. The molecule has 0 aromatic heterocycles. The maximum Gasteiger partial charge on any atom is 0.223 e. The van der Waals surface area contributed by atoms with Crippen molar-refractivity contribution in [3.8, 4) is 0 Å². The van der Waals surface area contributed by atoms with Crippen molar-refractivity contribution >= 4 is 5.91 Å². The summed E-state index contributed by atoms with van der Waals surface area (Å²) in [4.78, 5) is 14.6. The molecule has 2 rings (SSSR count). The Hall–Kier alpha value is -0.570. The first kappa shape index (κ1) is 12.9. The summed E-state index contributed by atoms with van der Waals surface area (Å²) in [6.45, 7) is 5.64. The minimum absolute atomic E-state index is 0.313. The van der Waals surface area contributed by atoms with Crippen molar-refractivity contribution in [3.63, 3.8) is 0 Å². The lowest BCUT2D eigenvalue weighted by molar-refractivity contribution is -0.127. The molecule has 1 heterocycles. The normalized spacial score (nSPS) is 24.8. The monoisotopic (exact) mass is 238 g/mol. The number of hydrogen-bond acceptors (Lipinski definition) is 2. The Bertz CT molecular complexity index is 241. The molecule has 0 spiro atoms. The predicted octanol–water partition coefficient (Wildman–Crippen LogP) is 2.17. The van der Waals surface area contributed by atoms with E-state index in [9.17, 15) is 4.79 Å². The van der Waals surface area contributed by atoms with Gasteiger partial charge in [-0.2, -0.15) is 0 Å². The quantitative estimate of drug-likeness (QED) is 0.817. The first-order chi connectivity index (χ1) is 8.29. The molecular weight excluding hydrogens is 212 g/mol. The van der Waals surface area contributed by atoms with Crippen LogP contribution in [0.4, 0.5) is 0 Å². The van der Waals surface area contributed by atoms with Crippen LogP contribution in [-0.4, -0.2) is 36.5 Å². The third-order valence-corrected chi connectivity index (χ3v) is 4.36. The van der Waals surface area contributed by atoms with E-state index >= 15 is 0 Å². The molecule has 17 heavy (non-hydrogen) atoms. The second-order valence-corrected chi connectivity index (χ2v) is 5.55. The Morgan fingerprint density at radius 2 is 1.76 bits per heavy atom. The molecule has 0 aromatic carbocycles. The Labute approximate surface area is 105 Å². The summed E-state index contributed by atoms with van der Waals surface area (Å²) >= 11 is 0. The van der Waals surface area contributed by atoms with Gasteiger partial charge in [0.05, 0.1) is 0 Å².